The number of thioether (sulfide) groups is 1. The lowest BCUT2D eigenvalue weighted by molar-refractivity contribution is -0.143. The molecule has 1 aromatic carbocycles. The van der Waals surface area contributed by atoms with Crippen LogP contribution in [0, 0.1) is 0 Å². The van der Waals surface area contributed by atoms with Gasteiger partial charge in [-0.3, -0.25) is 14.5 Å². The summed E-state index contributed by atoms with van der Waals surface area (Å²) >= 11 is 7.23. The normalized spacial score (nSPS) is 15.5. The van der Waals surface area contributed by atoms with E-state index in [0.29, 0.717) is 17.0 Å². The number of rotatable bonds is 7. The van der Waals surface area contributed by atoms with Crippen LogP contribution in [-0.4, -0.2) is 48.2 Å². The summed E-state index contributed by atoms with van der Waals surface area (Å²) in [6.07, 6.45) is -8.54. The molecule has 3 heterocycles. The van der Waals surface area contributed by atoms with Crippen molar-refractivity contribution in [2.75, 3.05) is 6.54 Å². The van der Waals surface area contributed by atoms with Gasteiger partial charge in [-0.25, -0.2) is 0 Å². The fraction of sp³-hybridized carbons (Fsp3) is 0.238. The predicted molar refractivity (Wildman–Crippen MR) is 130 cm³/mol. The Morgan fingerprint density at radius 3 is 2.37 bits per heavy atom. The number of amides is 2. The van der Waals surface area contributed by atoms with Crippen molar-refractivity contribution in [1.82, 2.24) is 30.8 Å². The average Bonchev–Trinajstić information content (AvgIpc) is 3.58. The molecule has 0 atom stereocenters. The third-order valence-corrected chi connectivity index (χ3v) is 7.34. The Kier molecular flexibility index (Phi) is 7.89. The van der Waals surface area contributed by atoms with E-state index in [2.05, 4.69) is 25.9 Å². The van der Waals surface area contributed by atoms with E-state index in [1.807, 2.05) is 0 Å². The summed E-state index contributed by atoms with van der Waals surface area (Å²) in [5, 5.41) is 17.0. The molecule has 0 spiro atoms. The van der Waals surface area contributed by atoms with Crippen molar-refractivity contribution >= 4 is 57.5 Å². The summed E-state index contributed by atoms with van der Waals surface area (Å²) < 4.78 is 79.4. The molecular formula is C21H14F6N6O2S3. The molecule has 38 heavy (non-hydrogen) atoms. The lowest BCUT2D eigenvalue weighted by Gasteiger charge is -2.13. The molecule has 0 radical (unpaired) electrons. The monoisotopic (exact) mass is 592 g/mol. The molecule has 2 amide bonds. The van der Waals surface area contributed by atoms with Gasteiger partial charge in [-0.05, 0) is 46.8 Å². The number of nitrogens with zero attached hydrogens (tertiary/aromatic N) is 4. The summed E-state index contributed by atoms with van der Waals surface area (Å²) in [5.41, 5.74) is -2.97. The molecule has 0 bridgehead atoms. The number of H-pyrrole nitrogens is 1. The van der Waals surface area contributed by atoms with Crippen molar-refractivity contribution in [3.8, 4) is 11.1 Å². The minimum absolute atomic E-state index is 0.000226. The number of alkyl halides is 6. The van der Waals surface area contributed by atoms with Gasteiger partial charge in [0.15, 0.2) is 5.82 Å². The topological polar surface area (TPSA) is 104 Å². The van der Waals surface area contributed by atoms with Crippen LogP contribution in [0.25, 0.3) is 17.2 Å². The summed E-state index contributed by atoms with van der Waals surface area (Å²) in [7, 11) is 0. The molecule has 1 aliphatic rings. The Morgan fingerprint density at radius 2 is 1.76 bits per heavy atom. The Labute approximate surface area is 223 Å². The molecule has 3 aromatic rings. The number of carbonyl (C=O) groups excluding carboxylic acids is 2. The number of thiocarbonyl (C=S) groups is 1. The standard InChI is InChI=1S/C21H14F6N6O2S3/c22-20(23,24)12-3-10(4-13(6-12)21(25,26)27)11-5-14(37-9-11)7-15-18(35)33(19(36)38-15)2-1-17(34)28-8-16-29-31-32-30-16/h3-7,9H,1-2,8H2,(H,28,34)(H,29,30,31,32). The van der Waals surface area contributed by atoms with E-state index in [0.717, 1.165) is 23.1 Å². The average molecular weight is 593 g/mol. The first-order valence-corrected chi connectivity index (χ1v) is 12.5. The molecule has 1 saturated heterocycles. The molecule has 1 aliphatic heterocycles. The van der Waals surface area contributed by atoms with Gasteiger partial charge >= 0.3 is 12.4 Å². The zero-order chi connectivity index (χ0) is 27.7. The molecular weight excluding hydrogens is 578 g/mol. The van der Waals surface area contributed by atoms with Gasteiger partial charge in [-0.2, -0.15) is 31.6 Å². The van der Waals surface area contributed by atoms with Crippen molar-refractivity contribution in [1.29, 1.82) is 0 Å². The summed E-state index contributed by atoms with van der Waals surface area (Å²) in [5.74, 6) is -0.573. The van der Waals surface area contributed by atoms with E-state index in [9.17, 15) is 35.9 Å². The predicted octanol–water partition coefficient (Wildman–Crippen LogP) is 4.87. The fourth-order valence-electron chi connectivity index (χ4n) is 3.26. The highest BCUT2D eigenvalue weighted by molar-refractivity contribution is 8.26. The molecule has 2 aromatic heterocycles. The van der Waals surface area contributed by atoms with Gasteiger partial charge < -0.3 is 5.32 Å². The van der Waals surface area contributed by atoms with Crippen LogP contribution in [0.3, 0.4) is 0 Å². The number of nitrogens with one attached hydrogen (secondary N) is 2. The van der Waals surface area contributed by atoms with Crippen LogP contribution in [0.15, 0.2) is 34.6 Å². The number of thiophene rings is 1. The van der Waals surface area contributed by atoms with Crippen LogP contribution in [-0.2, 0) is 28.5 Å². The second kappa shape index (κ2) is 10.8. The summed E-state index contributed by atoms with van der Waals surface area (Å²) in [6.45, 7) is 0.0465. The lowest BCUT2D eigenvalue weighted by atomic mass is 10.0. The fourth-order valence-corrected chi connectivity index (χ4v) is 5.48. The third-order valence-electron chi connectivity index (χ3n) is 5.08. The molecule has 8 nitrogen and oxygen atoms in total. The van der Waals surface area contributed by atoms with Crippen molar-refractivity contribution in [3.63, 3.8) is 0 Å². The first-order valence-electron chi connectivity index (χ1n) is 10.4. The molecule has 0 unspecified atom stereocenters. The van der Waals surface area contributed by atoms with E-state index in [-0.39, 0.29) is 57.7 Å². The zero-order valence-electron chi connectivity index (χ0n) is 18.7. The number of benzene rings is 1. The maximum atomic E-state index is 13.2. The number of carbonyl (C=O) groups is 2. The van der Waals surface area contributed by atoms with Gasteiger partial charge in [0.25, 0.3) is 5.91 Å². The largest absolute Gasteiger partial charge is 0.416 e. The van der Waals surface area contributed by atoms with E-state index in [1.165, 1.54) is 22.4 Å². The van der Waals surface area contributed by atoms with Crippen LogP contribution >= 0.6 is 35.3 Å². The van der Waals surface area contributed by atoms with Crippen LogP contribution in [0.2, 0.25) is 0 Å². The number of tetrazole rings is 1. The second-order valence-corrected chi connectivity index (χ2v) is 10.3. The molecule has 200 valence electrons. The van der Waals surface area contributed by atoms with E-state index < -0.39 is 29.4 Å². The zero-order valence-corrected chi connectivity index (χ0v) is 21.1. The summed E-state index contributed by atoms with van der Waals surface area (Å²) in [6, 6.07) is 2.74. The molecule has 0 saturated carbocycles. The quantitative estimate of drug-likeness (QED) is 0.229. The maximum absolute atomic E-state index is 13.2. The maximum Gasteiger partial charge on any atom is 0.416 e. The summed E-state index contributed by atoms with van der Waals surface area (Å²) in [4.78, 5) is 26.7. The number of aromatic amines is 1. The Bertz CT molecular complexity index is 1370. The lowest BCUT2D eigenvalue weighted by Crippen LogP contribution is -2.33. The van der Waals surface area contributed by atoms with Gasteiger partial charge in [-0.1, -0.05) is 29.2 Å². The number of aromatic nitrogens is 4. The minimum Gasteiger partial charge on any atom is -0.349 e. The van der Waals surface area contributed by atoms with Crippen LogP contribution in [0.5, 0.6) is 0 Å². The molecule has 1 fully saturated rings. The third kappa shape index (κ3) is 6.57. The van der Waals surface area contributed by atoms with Crippen LogP contribution in [0.1, 0.15) is 28.2 Å². The van der Waals surface area contributed by atoms with Gasteiger partial charge in [0.2, 0.25) is 5.91 Å². The van der Waals surface area contributed by atoms with Gasteiger partial charge in [0.05, 0.1) is 22.6 Å². The Morgan fingerprint density at radius 1 is 1.08 bits per heavy atom. The number of halogens is 6. The Balaban J connectivity index is 1.46. The highest BCUT2D eigenvalue weighted by Gasteiger charge is 2.37. The van der Waals surface area contributed by atoms with E-state index in [1.54, 1.807) is 0 Å². The van der Waals surface area contributed by atoms with E-state index >= 15 is 0 Å². The number of hydrogen-bond donors (Lipinski definition) is 2. The van der Waals surface area contributed by atoms with Crippen LogP contribution < -0.4 is 5.32 Å². The molecule has 2 N–H and O–H groups in total. The van der Waals surface area contributed by atoms with Crippen LogP contribution in [0.4, 0.5) is 26.3 Å². The minimum atomic E-state index is -4.97. The van der Waals surface area contributed by atoms with Crippen molar-refractivity contribution in [2.45, 2.75) is 25.3 Å². The first-order chi connectivity index (χ1) is 17.8. The van der Waals surface area contributed by atoms with Crippen molar-refractivity contribution < 1.29 is 35.9 Å². The highest BCUT2D eigenvalue weighted by Crippen LogP contribution is 2.40. The van der Waals surface area contributed by atoms with E-state index in [4.69, 9.17) is 12.2 Å². The smallest absolute Gasteiger partial charge is 0.349 e. The highest BCUT2D eigenvalue weighted by atomic mass is 32.2. The molecule has 17 heteroatoms. The van der Waals surface area contributed by atoms with Gasteiger partial charge in [-0.15, -0.1) is 21.5 Å². The molecule has 4 rings (SSSR count). The number of hydrogen-bond acceptors (Lipinski definition) is 8. The van der Waals surface area contributed by atoms with Crippen molar-refractivity contribution in [3.05, 3.63) is 56.4 Å². The molecule has 0 aliphatic carbocycles. The Hall–Kier alpha value is -3.31. The SMILES string of the molecule is O=C(CCN1C(=O)C(=Cc2cc(-c3cc(C(F)(F)F)cc(C(F)(F)F)c3)cs2)SC1=S)NCc1nn[nH]n1. The van der Waals surface area contributed by atoms with Gasteiger partial charge in [0.1, 0.15) is 4.32 Å². The second-order valence-electron chi connectivity index (χ2n) is 7.72. The first kappa shape index (κ1) is 27.7. The van der Waals surface area contributed by atoms with Crippen molar-refractivity contribution in [2.24, 2.45) is 0 Å². The van der Waals surface area contributed by atoms with Gasteiger partial charge in [0, 0.05) is 17.8 Å².